The van der Waals surface area contributed by atoms with E-state index in [4.69, 9.17) is 11.6 Å². The molecule has 0 aliphatic carbocycles. The van der Waals surface area contributed by atoms with Crippen molar-refractivity contribution in [1.82, 2.24) is 5.43 Å². The standard InChI is InChI=1S/C17H14ClN3O4/c1-25-17(24)11-6-8-13(9-7-11)20-15(22)16(23)21-19-10-12-4-2-3-5-14(12)18/h2-10H,1H3,(H,20,22)(H,21,23)/b19-10+. The van der Waals surface area contributed by atoms with Crippen molar-refractivity contribution in [2.75, 3.05) is 12.4 Å². The molecule has 7 nitrogen and oxygen atoms in total. The molecule has 2 rings (SSSR count). The number of esters is 1. The zero-order valence-corrected chi connectivity index (χ0v) is 13.9. The summed E-state index contributed by atoms with van der Waals surface area (Å²) in [4.78, 5) is 34.8. The molecule has 0 radical (unpaired) electrons. The molecule has 0 aromatic heterocycles. The van der Waals surface area contributed by atoms with Gasteiger partial charge in [0.25, 0.3) is 0 Å². The summed E-state index contributed by atoms with van der Waals surface area (Å²) in [5.41, 5.74) is 3.38. The maximum absolute atomic E-state index is 11.8. The van der Waals surface area contributed by atoms with E-state index in [1.165, 1.54) is 37.6 Å². The molecule has 0 spiro atoms. The lowest BCUT2D eigenvalue weighted by atomic mass is 10.2. The van der Waals surface area contributed by atoms with Crippen LogP contribution in [0.1, 0.15) is 15.9 Å². The molecule has 0 heterocycles. The third-order valence-corrected chi connectivity index (χ3v) is 3.39. The number of anilines is 1. The lowest BCUT2D eigenvalue weighted by Crippen LogP contribution is -2.32. The van der Waals surface area contributed by atoms with E-state index in [2.05, 4.69) is 20.6 Å². The van der Waals surface area contributed by atoms with Crippen molar-refractivity contribution < 1.29 is 19.1 Å². The number of hydrogen-bond donors (Lipinski definition) is 2. The molecule has 0 unspecified atom stereocenters. The summed E-state index contributed by atoms with van der Waals surface area (Å²) in [6.45, 7) is 0. The predicted molar refractivity (Wildman–Crippen MR) is 93.6 cm³/mol. The highest BCUT2D eigenvalue weighted by molar-refractivity contribution is 6.39. The Hall–Kier alpha value is -3.19. The van der Waals surface area contributed by atoms with Gasteiger partial charge in [-0.1, -0.05) is 29.8 Å². The minimum absolute atomic E-state index is 0.328. The lowest BCUT2D eigenvalue weighted by Gasteiger charge is -2.05. The van der Waals surface area contributed by atoms with Crippen LogP contribution in [0.3, 0.4) is 0 Å². The number of carbonyl (C=O) groups is 3. The van der Waals surface area contributed by atoms with Crippen LogP contribution >= 0.6 is 11.6 Å². The van der Waals surface area contributed by atoms with Crippen molar-refractivity contribution >= 4 is 41.3 Å². The van der Waals surface area contributed by atoms with Crippen molar-refractivity contribution in [2.24, 2.45) is 5.10 Å². The van der Waals surface area contributed by atoms with Crippen molar-refractivity contribution in [3.05, 3.63) is 64.7 Å². The van der Waals surface area contributed by atoms with Gasteiger partial charge in [-0.05, 0) is 30.3 Å². The Morgan fingerprint density at radius 2 is 1.72 bits per heavy atom. The number of nitrogens with zero attached hydrogens (tertiary/aromatic N) is 1. The molecule has 0 atom stereocenters. The minimum Gasteiger partial charge on any atom is -0.465 e. The van der Waals surface area contributed by atoms with Gasteiger partial charge in [0.1, 0.15) is 0 Å². The molecule has 2 aromatic carbocycles. The van der Waals surface area contributed by atoms with Gasteiger partial charge < -0.3 is 10.1 Å². The van der Waals surface area contributed by atoms with Gasteiger partial charge in [0.2, 0.25) is 0 Å². The molecular weight excluding hydrogens is 346 g/mol. The first-order valence-electron chi connectivity index (χ1n) is 7.08. The molecule has 0 fully saturated rings. The van der Waals surface area contributed by atoms with E-state index in [1.54, 1.807) is 24.3 Å². The number of hydrogen-bond acceptors (Lipinski definition) is 5. The maximum Gasteiger partial charge on any atom is 0.337 e. The number of halogens is 1. The van der Waals surface area contributed by atoms with Gasteiger partial charge >= 0.3 is 17.8 Å². The SMILES string of the molecule is COC(=O)c1ccc(NC(=O)C(=O)N/N=C/c2ccccc2Cl)cc1. The van der Waals surface area contributed by atoms with E-state index in [1.807, 2.05) is 0 Å². The quantitative estimate of drug-likeness (QED) is 0.378. The van der Waals surface area contributed by atoms with Crippen LogP contribution in [0.4, 0.5) is 5.69 Å². The summed E-state index contributed by atoms with van der Waals surface area (Å²) in [5, 5.41) is 6.53. The van der Waals surface area contributed by atoms with Crippen LogP contribution in [0.2, 0.25) is 5.02 Å². The molecule has 2 N–H and O–H groups in total. The predicted octanol–water partition coefficient (Wildman–Crippen LogP) is 2.22. The number of benzene rings is 2. The second-order valence-electron chi connectivity index (χ2n) is 4.74. The molecule has 0 aliphatic rings. The molecule has 0 saturated heterocycles. The number of ether oxygens (including phenoxy) is 1. The van der Waals surface area contributed by atoms with Crippen molar-refractivity contribution in [3.63, 3.8) is 0 Å². The average molecular weight is 360 g/mol. The summed E-state index contributed by atoms with van der Waals surface area (Å²) in [6.07, 6.45) is 1.33. The van der Waals surface area contributed by atoms with E-state index in [0.717, 1.165) is 0 Å². The number of rotatable bonds is 4. The molecule has 2 aromatic rings. The first-order valence-corrected chi connectivity index (χ1v) is 7.46. The first-order chi connectivity index (χ1) is 12.0. The molecule has 0 bridgehead atoms. The summed E-state index contributed by atoms with van der Waals surface area (Å²) < 4.78 is 4.57. The lowest BCUT2D eigenvalue weighted by molar-refractivity contribution is -0.136. The minimum atomic E-state index is -0.944. The number of amides is 2. The Morgan fingerprint density at radius 3 is 2.36 bits per heavy atom. The normalized spacial score (nSPS) is 10.3. The first kappa shape index (κ1) is 18.2. The van der Waals surface area contributed by atoms with Gasteiger partial charge in [0.05, 0.1) is 18.9 Å². The highest BCUT2D eigenvalue weighted by atomic mass is 35.5. The summed E-state index contributed by atoms with van der Waals surface area (Å²) in [7, 11) is 1.27. The Bertz CT molecular complexity index is 819. The van der Waals surface area contributed by atoms with Crippen molar-refractivity contribution in [2.45, 2.75) is 0 Å². The van der Waals surface area contributed by atoms with E-state index < -0.39 is 17.8 Å². The van der Waals surface area contributed by atoms with Gasteiger partial charge in [-0.25, -0.2) is 10.2 Å². The van der Waals surface area contributed by atoms with Crippen LogP contribution in [-0.2, 0) is 14.3 Å². The fourth-order valence-corrected chi connectivity index (χ4v) is 1.97. The number of nitrogens with one attached hydrogen (secondary N) is 2. The Labute approximate surface area is 148 Å². The van der Waals surface area contributed by atoms with Crippen LogP contribution in [0.5, 0.6) is 0 Å². The highest BCUT2D eigenvalue weighted by Gasteiger charge is 2.13. The summed E-state index contributed by atoms with van der Waals surface area (Å²) in [5.74, 6) is -2.34. The Balaban J connectivity index is 1.91. The van der Waals surface area contributed by atoms with E-state index >= 15 is 0 Å². The maximum atomic E-state index is 11.8. The fraction of sp³-hybridized carbons (Fsp3) is 0.0588. The monoisotopic (exact) mass is 359 g/mol. The van der Waals surface area contributed by atoms with E-state index in [9.17, 15) is 14.4 Å². The molecule has 8 heteroatoms. The van der Waals surface area contributed by atoms with Crippen molar-refractivity contribution in [3.8, 4) is 0 Å². The third kappa shape index (κ3) is 5.15. The molecular formula is C17H14ClN3O4. The third-order valence-electron chi connectivity index (χ3n) is 3.05. The largest absolute Gasteiger partial charge is 0.465 e. The van der Waals surface area contributed by atoms with E-state index in [-0.39, 0.29) is 0 Å². The van der Waals surface area contributed by atoms with E-state index in [0.29, 0.717) is 21.8 Å². The average Bonchev–Trinajstić information content (AvgIpc) is 2.63. The smallest absolute Gasteiger partial charge is 0.337 e. The number of methoxy groups -OCH3 is 1. The summed E-state index contributed by atoms with van der Waals surface area (Å²) >= 11 is 5.94. The second kappa shape index (κ2) is 8.60. The fourth-order valence-electron chi connectivity index (χ4n) is 1.79. The number of carbonyl (C=O) groups excluding carboxylic acids is 3. The molecule has 0 aliphatic heterocycles. The van der Waals surface area contributed by atoms with Gasteiger partial charge in [0.15, 0.2) is 0 Å². The van der Waals surface area contributed by atoms with Gasteiger partial charge in [0, 0.05) is 16.3 Å². The topological polar surface area (TPSA) is 96.9 Å². The van der Waals surface area contributed by atoms with Crippen LogP contribution in [-0.4, -0.2) is 31.1 Å². The summed E-state index contributed by atoms with van der Waals surface area (Å²) in [6, 6.07) is 12.8. The van der Waals surface area contributed by atoms with Crippen molar-refractivity contribution in [1.29, 1.82) is 0 Å². The number of hydrazone groups is 1. The highest BCUT2D eigenvalue weighted by Crippen LogP contribution is 2.12. The molecule has 2 amide bonds. The van der Waals surface area contributed by atoms with Crippen LogP contribution < -0.4 is 10.7 Å². The van der Waals surface area contributed by atoms with Gasteiger partial charge in [-0.15, -0.1) is 0 Å². The molecule has 128 valence electrons. The van der Waals surface area contributed by atoms with Crippen LogP contribution in [0, 0.1) is 0 Å². The zero-order valence-electron chi connectivity index (χ0n) is 13.2. The zero-order chi connectivity index (χ0) is 18.2. The van der Waals surface area contributed by atoms with Crippen LogP contribution in [0.25, 0.3) is 0 Å². The Kier molecular flexibility index (Phi) is 6.25. The molecule has 0 saturated carbocycles. The van der Waals surface area contributed by atoms with Crippen LogP contribution in [0.15, 0.2) is 53.6 Å². The van der Waals surface area contributed by atoms with Gasteiger partial charge in [-0.2, -0.15) is 5.10 Å². The second-order valence-corrected chi connectivity index (χ2v) is 5.15. The molecule has 25 heavy (non-hydrogen) atoms. The van der Waals surface area contributed by atoms with Gasteiger partial charge in [-0.3, -0.25) is 9.59 Å². The Morgan fingerprint density at radius 1 is 1.04 bits per heavy atom.